The number of pyridine rings is 1. The second-order valence-corrected chi connectivity index (χ2v) is 4.50. The van der Waals surface area contributed by atoms with Gasteiger partial charge in [-0.3, -0.25) is 9.20 Å². The number of aryl methyl sites for hydroxylation is 1. The van der Waals surface area contributed by atoms with E-state index in [1.165, 1.54) is 0 Å². The van der Waals surface area contributed by atoms with Gasteiger partial charge < -0.3 is 10.4 Å². The quantitative estimate of drug-likeness (QED) is 0.840. The van der Waals surface area contributed by atoms with Crippen LogP contribution < -0.4 is 5.32 Å². The summed E-state index contributed by atoms with van der Waals surface area (Å²) in [5, 5.41) is 20.1. The van der Waals surface area contributed by atoms with Crippen molar-refractivity contribution in [2.45, 2.75) is 32.8 Å². The van der Waals surface area contributed by atoms with Crippen LogP contribution in [0.25, 0.3) is 5.65 Å². The van der Waals surface area contributed by atoms with Crippen LogP contribution in [-0.2, 0) is 0 Å². The lowest BCUT2D eigenvalue weighted by Crippen LogP contribution is -2.27. The number of rotatable bonds is 5. The number of aliphatic hydroxyl groups is 1. The van der Waals surface area contributed by atoms with Crippen molar-refractivity contribution in [3.63, 3.8) is 0 Å². The Hall–Kier alpha value is -1.95. The van der Waals surface area contributed by atoms with E-state index < -0.39 is 0 Å². The molecule has 0 spiro atoms. The van der Waals surface area contributed by atoms with Gasteiger partial charge in [-0.25, -0.2) is 0 Å². The Morgan fingerprint density at radius 3 is 3.00 bits per heavy atom. The number of fused-ring (bicyclic) bond motifs is 1. The Morgan fingerprint density at radius 2 is 2.26 bits per heavy atom. The fourth-order valence-electron chi connectivity index (χ4n) is 1.80. The van der Waals surface area contributed by atoms with Gasteiger partial charge in [-0.05, 0) is 31.9 Å². The van der Waals surface area contributed by atoms with Crippen LogP contribution in [0.4, 0.5) is 0 Å². The van der Waals surface area contributed by atoms with E-state index in [1.54, 1.807) is 22.7 Å². The van der Waals surface area contributed by atoms with Crippen molar-refractivity contribution in [2.24, 2.45) is 0 Å². The minimum absolute atomic E-state index is 0.154. The predicted molar refractivity (Wildman–Crippen MR) is 71.0 cm³/mol. The van der Waals surface area contributed by atoms with Gasteiger partial charge in [-0.2, -0.15) is 0 Å². The second kappa shape index (κ2) is 5.79. The Morgan fingerprint density at radius 1 is 1.47 bits per heavy atom. The molecule has 0 aromatic carbocycles. The molecule has 19 heavy (non-hydrogen) atoms. The molecule has 0 fully saturated rings. The summed E-state index contributed by atoms with van der Waals surface area (Å²) < 4.78 is 1.77. The van der Waals surface area contributed by atoms with E-state index in [2.05, 4.69) is 15.5 Å². The Balaban J connectivity index is 2.02. The first-order valence-corrected chi connectivity index (χ1v) is 6.39. The number of carbonyl (C=O) groups is 1. The zero-order valence-electron chi connectivity index (χ0n) is 11.1. The van der Waals surface area contributed by atoms with Crippen LogP contribution in [0.5, 0.6) is 0 Å². The molecule has 2 rings (SSSR count). The van der Waals surface area contributed by atoms with E-state index in [0.29, 0.717) is 24.9 Å². The number of hydrogen-bond acceptors (Lipinski definition) is 4. The molecule has 0 aliphatic heterocycles. The highest BCUT2D eigenvalue weighted by Gasteiger charge is 2.09. The molecule has 0 radical (unpaired) electrons. The van der Waals surface area contributed by atoms with Crippen molar-refractivity contribution < 1.29 is 9.90 Å². The zero-order valence-corrected chi connectivity index (χ0v) is 11.1. The number of hydrogen-bond donors (Lipinski definition) is 2. The Bertz CT molecular complexity index is 579. The Labute approximate surface area is 111 Å². The maximum absolute atomic E-state index is 11.9. The molecule has 2 aromatic heterocycles. The van der Waals surface area contributed by atoms with Crippen molar-refractivity contribution in [2.75, 3.05) is 6.54 Å². The topological polar surface area (TPSA) is 79.5 Å². The van der Waals surface area contributed by atoms with Gasteiger partial charge in [-0.1, -0.05) is 6.92 Å². The molecule has 0 aliphatic rings. The van der Waals surface area contributed by atoms with E-state index in [9.17, 15) is 9.90 Å². The summed E-state index contributed by atoms with van der Waals surface area (Å²) >= 11 is 0. The fraction of sp³-hybridized carbons (Fsp3) is 0.462. The van der Waals surface area contributed by atoms with E-state index in [1.807, 2.05) is 13.8 Å². The maximum atomic E-state index is 11.9. The highest BCUT2D eigenvalue weighted by atomic mass is 16.3. The molecule has 2 N–H and O–H groups in total. The van der Waals surface area contributed by atoms with E-state index in [-0.39, 0.29) is 12.0 Å². The minimum Gasteiger partial charge on any atom is -0.393 e. The lowest BCUT2D eigenvalue weighted by atomic mass is 10.2. The second-order valence-electron chi connectivity index (χ2n) is 4.50. The van der Waals surface area contributed by atoms with Crippen molar-refractivity contribution in [1.29, 1.82) is 0 Å². The van der Waals surface area contributed by atoms with Gasteiger partial charge in [0.1, 0.15) is 5.82 Å². The molecule has 0 saturated carbocycles. The van der Waals surface area contributed by atoms with Crippen LogP contribution in [0.2, 0.25) is 0 Å². The summed E-state index contributed by atoms with van der Waals surface area (Å²) in [6.45, 7) is 4.21. The molecule has 1 amide bonds. The molecule has 1 unspecified atom stereocenters. The average molecular weight is 262 g/mol. The molecular weight excluding hydrogens is 244 g/mol. The van der Waals surface area contributed by atoms with Gasteiger partial charge in [-0.15, -0.1) is 10.2 Å². The largest absolute Gasteiger partial charge is 0.393 e. The number of nitrogens with one attached hydrogen (secondary N) is 1. The molecule has 102 valence electrons. The van der Waals surface area contributed by atoms with Crippen molar-refractivity contribution in [3.8, 4) is 0 Å². The number of carbonyl (C=O) groups excluding carboxylic acids is 1. The summed E-state index contributed by atoms with van der Waals surface area (Å²) in [4.78, 5) is 11.9. The average Bonchev–Trinajstić information content (AvgIpc) is 2.79. The summed E-state index contributed by atoms with van der Waals surface area (Å²) in [6, 6.07) is 3.48. The van der Waals surface area contributed by atoms with Gasteiger partial charge in [0.15, 0.2) is 5.65 Å². The first-order chi connectivity index (χ1) is 9.11. The van der Waals surface area contributed by atoms with Crippen molar-refractivity contribution in [1.82, 2.24) is 19.9 Å². The zero-order chi connectivity index (χ0) is 13.8. The van der Waals surface area contributed by atoms with Gasteiger partial charge in [0.25, 0.3) is 5.91 Å². The lowest BCUT2D eigenvalue weighted by Gasteiger charge is -2.09. The third-order valence-corrected chi connectivity index (χ3v) is 3.07. The van der Waals surface area contributed by atoms with E-state index in [4.69, 9.17) is 0 Å². The monoisotopic (exact) mass is 262 g/mol. The molecule has 0 saturated heterocycles. The highest BCUT2D eigenvalue weighted by molar-refractivity contribution is 5.94. The summed E-state index contributed by atoms with van der Waals surface area (Å²) in [6.07, 6.45) is 2.62. The van der Waals surface area contributed by atoms with Crippen LogP contribution in [-0.4, -0.2) is 38.3 Å². The standard InChI is InChI=1S/C13H18N4O2/c1-3-11(18)6-7-14-13(19)10-4-5-12-16-15-9(2)17(12)8-10/h4-5,8,11,18H,3,6-7H2,1-2H3,(H,14,19). The smallest absolute Gasteiger partial charge is 0.252 e. The van der Waals surface area contributed by atoms with Crippen LogP contribution in [0.3, 0.4) is 0 Å². The molecule has 6 nitrogen and oxygen atoms in total. The summed E-state index contributed by atoms with van der Waals surface area (Å²) in [5.41, 5.74) is 1.27. The van der Waals surface area contributed by atoms with Gasteiger partial charge in [0.2, 0.25) is 0 Å². The van der Waals surface area contributed by atoms with Crippen molar-refractivity contribution in [3.05, 3.63) is 29.7 Å². The number of aliphatic hydroxyl groups excluding tert-OH is 1. The van der Waals surface area contributed by atoms with Crippen LogP contribution >= 0.6 is 0 Å². The van der Waals surface area contributed by atoms with Gasteiger partial charge in [0, 0.05) is 12.7 Å². The predicted octanol–water partition coefficient (Wildman–Crippen LogP) is 0.929. The third kappa shape index (κ3) is 3.08. The van der Waals surface area contributed by atoms with E-state index in [0.717, 1.165) is 11.5 Å². The molecule has 2 aromatic rings. The first-order valence-electron chi connectivity index (χ1n) is 6.39. The maximum Gasteiger partial charge on any atom is 0.252 e. The first kappa shape index (κ1) is 13.5. The van der Waals surface area contributed by atoms with Gasteiger partial charge in [0.05, 0.1) is 11.7 Å². The van der Waals surface area contributed by atoms with E-state index >= 15 is 0 Å². The van der Waals surface area contributed by atoms with Crippen molar-refractivity contribution >= 4 is 11.6 Å². The van der Waals surface area contributed by atoms with Crippen LogP contribution in [0.15, 0.2) is 18.3 Å². The summed E-state index contributed by atoms with van der Waals surface area (Å²) in [7, 11) is 0. The molecule has 6 heteroatoms. The number of amides is 1. The van der Waals surface area contributed by atoms with Crippen LogP contribution in [0.1, 0.15) is 35.9 Å². The molecule has 1 atom stereocenters. The fourth-order valence-corrected chi connectivity index (χ4v) is 1.80. The molecular formula is C13H18N4O2. The highest BCUT2D eigenvalue weighted by Crippen LogP contribution is 2.06. The molecule has 2 heterocycles. The van der Waals surface area contributed by atoms with Gasteiger partial charge >= 0.3 is 0 Å². The number of nitrogens with zero attached hydrogens (tertiary/aromatic N) is 3. The normalized spacial score (nSPS) is 12.6. The molecule has 0 bridgehead atoms. The molecule has 0 aliphatic carbocycles. The lowest BCUT2D eigenvalue weighted by molar-refractivity contribution is 0.0941. The summed E-state index contributed by atoms with van der Waals surface area (Å²) in [5.74, 6) is 0.587. The Kier molecular flexibility index (Phi) is 4.11. The SMILES string of the molecule is CCC(O)CCNC(=O)c1ccc2nnc(C)n2c1. The number of aromatic nitrogens is 3. The van der Waals surface area contributed by atoms with Crippen LogP contribution in [0, 0.1) is 6.92 Å². The minimum atomic E-state index is -0.358. The third-order valence-electron chi connectivity index (χ3n) is 3.07.